The number of rotatable bonds is 4. The molecule has 0 N–H and O–H groups in total. The van der Waals surface area contributed by atoms with Crippen LogP contribution in [0, 0.1) is 0 Å². The van der Waals surface area contributed by atoms with Crippen LogP contribution in [-0.4, -0.2) is 23.1 Å². The Morgan fingerprint density at radius 3 is 2.82 bits per heavy atom. The third-order valence-electron chi connectivity index (χ3n) is 2.71. The Morgan fingerprint density at radius 1 is 1.29 bits per heavy atom. The number of aromatic nitrogens is 2. The second kappa shape index (κ2) is 5.45. The van der Waals surface area contributed by atoms with Crippen LogP contribution in [0.3, 0.4) is 0 Å². The fraction of sp³-hybridized carbons (Fsp3) is 0.385. The lowest BCUT2D eigenvalue weighted by Gasteiger charge is -2.20. The molecular weight excluding hydrogens is 278 g/mol. The molecule has 4 heteroatoms. The molecule has 0 saturated heterocycles. The average Bonchev–Trinajstić information content (AvgIpc) is 2.36. The second-order valence-corrected chi connectivity index (χ2v) is 4.78. The number of benzene rings is 1. The van der Waals surface area contributed by atoms with E-state index in [0.717, 1.165) is 40.8 Å². The molecule has 0 atom stereocenters. The summed E-state index contributed by atoms with van der Waals surface area (Å²) in [5, 5.41) is 1.07. The summed E-state index contributed by atoms with van der Waals surface area (Å²) in [6.07, 6.45) is 2.99. The first kappa shape index (κ1) is 12.3. The Labute approximate surface area is 110 Å². The van der Waals surface area contributed by atoms with Crippen LogP contribution in [-0.2, 0) is 0 Å². The molecule has 3 nitrogen and oxygen atoms in total. The van der Waals surface area contributed by atoms with E-state index in [1.165, 1.54) is 0 Å². The summed E-state index contributed by atoms with van der Waals surface area (Å²) in [7, 11) is 0. The second-order valence-electron chi connectivity index (χ2n) is 3.93. The van der Waals surface area contributed by atoms with Gasteiger partial charge in [-0.1, -0.05) is 19.1 Å². The van der Waals surface area contributed by atoms with Crippen LogP contribution in [0.1, 0.15) is 20.3 Å². The molecular formula is C13H16BrN3. The molecule has 1 heterocycles. The van der Waals surface area contributed by atoms with Gasteiger partial charge in [-0.05, 0) is 35.3 Å². The topological polar surface area (TPSA) is 29.0 Å². The van der Waals surface area contributed by atoms with Gasteiger partial charge in [-0.3, -0.25) is 0 Å². The van der Waals surface area contributed by atoms with E-state index in [2.05, 4.69) is 44.6 Å². The minimum absolute atomic E-state index is 0.814. The van der Waals surface area contributed by atoms with Gasteiger partial charge < -0.3 is 4.90 Å². The van der Waals surface area contributed by atoms with Crippen molar-refractivity contribution in [1.29, 1.82) is 0 Å². The lowest BCUT2D eigenvalue weighted by atomic mass is 10.2. The lowest BCUT2D eigenvalue weighted by molar-refractivity contribution is 0.765. The van der Waals surface area contributed by atoms with E-state index in [0.29, 0.717) is 0 Å². The van der Waals surface area contributed by atoms with Crippen molar-refractivity contribution < 1.29 is 0 Å². The Morgan fingerprint density at radius 2 is 2.12 bits per heavy atom. The number of hydrogen-bond donors (Lipinski definition) is 0. The Bertz CT molecular complexity index is 513. The molecule has 17 heavy (non-hydrogen) atoms. The van der Waals surface area contributed by atoms with Gasteiger partial charge >= 0.3 is 0 Å². The number of halogens is 1. The third kappa shape index (κ3) is 2.57. The zero-order chi connectivity index (χ0) is 12.3. The van der Waals surface area contributed by atoms with Crippen LogP contribution in [0.5, 0.6) is 0 Å². The fourth-order valence-corrected chi connectivity index (χ4v) is 2.30. The molecule has 0 aliphatic heterocycles. The van der Waals surface area contributed by atoms with Crippen LogP contribution in [0.2, 0.25) is 0 Å². The Hall–Kier alpha value is -1.16. The number of nitrogens with zero attached hydrogens (tertiary/aromatic N) is 3. The van der Waals surface area contributed by atoms with Crippen molar-refractivity contribution in [3.63, 3.8) is 0 Å². The minimum Gasteiger partial charge on any atom is -0.341 e. The van der Waals surface area contributed by atoms with E-state index < -0.39 is 0 Å². The maximum atomic E-state index is 4.63. The van der Waals surface area contributed by atoms with Crippen molar-refractivity contribution in [3.05, 3.63) is 28.9 Å². The van der Waals surface area contributed by atoms with Gasteiger partial charge in [0.15, 0.2) is 0 Å². The lowest BCUT2D eigenvalue weighted by Crippen LogP contribution is -2.25. The van der Waals surface area contributed by atoms with Crippen LogP contribution in [0.15, 0.2) is 28.9 Å². The highest BCUT2D eigenvalue weighted by atomic mass is 79.9. The van der Waals surface area contributed by atoms with Gasteiger partial charge in [0.05, 0.1) is 5.52 Å². The number of fused-ring (bicyclic) bond motifs is 1. The highest BCUT2D eigenvalue weighted by molar-refractivity contribution is 9.10. The van der Waals surface area contributed by atoms with Gasteiger partial charge in [0.1, 0.15) is 0 Å². The van der Waals surface area contributed by atoms with Crippen molar-refractivity contribution in [1.82, 2.24) is 9.97 Å². The summed E-state index contributed by atoms with van der Waals surface area (Å²) in [6, 6.07) is 6.04. The highest BCUT2D eigenvalue weighted by Gasteiger charge is 2.08. The maximum Gasteiger partial charge on any atom is 0.225 e. The van der Waals surface area contributed by atoms with Crippen molar-refractivity contribution >= 4 is 32.8 Å². The van der Waals surface area contributed by atoms with Gasteiger partial charge in [0, 0.05) is 29.1 Å². The fourth-order valence-electron chi connectivity index (χ4n) is 1.83. The van der Waals surface area contributed by atoms with Crippen molar-refractivity contribution in [2.45, 2.75) is 20.3 Å². The quantitative estimate of drug-likeness (QED) is 0.862. The molecule has 0 aliphatic carbocycles. The van der Waals surface area contributed by atoms with Crippen molar-refractivity contribution in [2.75, 3.05) is 18.0 Å². The van der Waals surface area contributed by atoms with E-state index in [1.807, 2.05) is 24.4 Å². The smallest absolute Gasteiger partial charge is 0.225 e. The summed E-state index contributed by atoms with van der Waals surface area (Å²) in [5.41, 5.74) is 0.979. The average molecular weight is 294 g/mol. The summed E-state index contributed by atoms with van der Waals surface area (Å²) < 4.78 is 1.02. The molecule has 0 aliphatic rings. The summed E-state index contributed by atoms with van der Waals surface area (Å²) >= 11 is 3.53. The van der Waals surface area contributed by atoms with Crippen molar-refractivity contribution in [2.24, 2.45) is 0 Å². The molecule has 0 saturated carbocycles. The largest absolute Gasteiger partial charge is 0.341 e. The number of para-hydroxylation sites is 1. The van der Waals surface area contributed by atoms with Gasteiger partial charge in [-0.25, -0.2) is 9.97 Å². The maximum absolute atomic E-state index is 4.63. The standard InChI is InChI=1S/C13H16BrN3/c1-3-8-17(4-2)13-15-9-10-6-5-7-11(14)12(10)16-13/h5-7,9H,3-4,8H2,1-2H3. The first-order valence-electron chi connectivity index (χ1n) is 5.92. The molecule has 2 rings (SSSR count). The number of anilines is 1. The van der Waals surface area contributed by atoms with Crippen LogP contribution >= 0.6 is 15.9 Å². The molecule has 0 spiro atoms. The minimum atomic E-state index is 0.814. The molecule has 0 unspecified atom stereocenters. The van der Waals surface area contributed by atoms with E-state index >= 15 is 0 Å². The molecule has 90 valence electrons. The van der Waals surface area contributed by atoms with Crippen LogP contribution < -0.4 is 4.90 Å². The normalized spacial score (nSPS) is 10.8. The predicted octanol–water partition coefficient (Wildman–Crippen LogP) is 3.63. The molecule has 2 aromatic rings. The predicted molar refractivity (Wildman–Crippen MR) is 75.4 cm³/mol. The van der Waals surface area contributed by atoms with E-state index in [-0.39, 0.29) is 0 Å². The van der Waals surface area contributed by atoms with Gasteiger partial charge in [-0.15, -0.1) is 0 Å². The molecule has 1 aromatic carbocycles. The monoisotopic (exact) mass is 293 g/mol. The zero-order valence-electron chi connectivity index (χ0n) is 10.2. The van der Waals surface area contributed by atoms with Crippen LogP contribution in [0.25, 0.3) is 10.9 Å². The number of hydrogen-bond acceptors (Lipinski definition) is 3. The van der Waals surface area contributed by atoms with E-state index in [4.69, 9.17) is 0 Å². The van der Waals surface area contributed by atoms with Crippen molar-refractivity contribution in [3.8, 4) is 0 Å². The molecule has 1 aromatic heterocycles. The summed E-state index contributed by atoms with van der Waals surface area (Å²) in [6.45, 7) is 6.22. The van der Waals surface area contributed by atoms with Gasteiger partial charge in [-0.2, -0.15) is 0 Å². The molecule has 0 bridgehead atoms. The molecule has 0 amide bonds. The first-order valence-corrected chi connectivity index (χ1v) is 6.71. The summed E-state index contributed by atoms with van der Waals surface area (Å²) in [4.78, 5) is 11.3. The zero-order valence-corrected chi connectivity index (χ0v) is 11.7. The van der Waals surface area contributed by atoms with E-state index in [9.17, 15) is 0 Å². The van der Waals surface area contributed by atoms with Gasteiger partial charge in [0.2, 0.25) is 5.95 Å². The van der Waals surface area contributed by atoms with E-state index in [1.54, 1.807) is 0 Å². The highest BCUT2D eigenvalue weighted by Crippen LogP contribution is 2.23. The van der Waals surface area contributed by atoms with Crippen LogP contribution in [0.4, 0.5) is 5.95 Å². The summed E-state index contributed by atoms with van der Waals surface area (Å²) in [5.74, 6) is 0.814. The molecule has 0 fully saturated rings. The van der Waals surface area contributed by atoms with Gasteiger partial charge in [0.25, 0.3) is 0 Å². The SMILES string of the molecule is CCCN(CC)c1ncc2cccc(Br)c2n1. The first-order chi connectivity index (χ1) is 8.26. The Balaban J connectivity index is 2.46. The third-order valence-corrected chi connectivity index (χ3v) is 3.35. The molecule has 0 radical (unpaired) electrons. The Kier molecular flexibility index (Phi) is 3.94.